The molecule has 2 aromatic rings. The number of likely N-dealkylation sites (tertiary alicyclic amines) is 1. The minimum absolute atomic E-state index is 0.00834. The van der Waals surface area contributed by atoms with Gasteiger partial charge in [0.05, 0.1) is 11.8 Å². The van der Waals surface area contributed by atoms with E-state index in [1.165, 1.54) is 0 Å². The van der Waals surface area contributed by atoms with Crippen LogP contribution in [-0.2, 0) is 20.7 Å². The Morgan fingerprint density at radius 2 is 1.97 bits per heavy atom. The van der Waals surface area contributed by atoms with E-state index in [2.05, 4.69) is 23.3 Å². The zero-order valence-electron chi connectivity index (χ0n) is 22.1. The predicted molar refractivity (Wildman–Crippen MR) is 144 cm³/mol. The van der Waals surface area contributed by atoms with Crippen molar-refractivity contribution in [1.82, 2.24) is 10.2 Å². The van der Waals surface area contributed by atoms with Crippen LogP contribution in [0.25, 0.3) is 11.1 Å². The van der Waals surface area contributed by atoms with E-state index in [0.717, 1.165) is 36.0 Å². The SMILES string of the molecule is C=C(OC(C)(C)C)N1[C@@H]2CC[C@@H](C2)[C@H]1C(=O)N[C@H](C#N)Cc1ccc(-c2ccc3c(c2)OCC(=O)N3)cc1. The van der Waals surface area contributed by atoms with E-state index in [1.54, 1.807) is 0 Å². The zero-order valence-corrected chi connectivity index (χ0v) is 22.1. The highest BCUT2D eigenvalue weighted by atomic mass is 16.5. The van der Waals surface area contributed by atoms with Crippen LogP contribution in [0.2, 0.25) is 0 Å². The molecule has 2 heterocycles. The maximum Gasteiger partial charge on any atom is 0.262 e. The first kappa shape index (κ1) is 25.7. The summed E-state index contributed by atoms with van der Waals surface area (Å²) in [6.07, 6.45) is 3.38. The van der Waals surface area contributed by atoms with Crippen LogP contribution < -0.4 is 15.4 Å². The topological polar surface area (TPSA) is 104 Å². The summed E-state index contributed by atoms with van der Waals surface area (Å²) in [5, 5.41) is 15.6. The van der Waals surface area contributed by atoms with Gasteiger partial charge in [-0.05, 0) is 81.4 Å². The van der Waals surface area contributed by atoms with Crippen LogP contribution in [0.15, 0.2) is 54.9 Å². The first-order valence-corrected chi connectivity index (χ1v) is 13.1. The molecule has 3 aliphatic rings. The highest BCUT2D eigenvalue weighted by Gasteiger charge is 2.50. The standard InChI is InChI=1S/C30H34N4O4/c1-18(38-30(2,3)4)34-24-11-9-22(14-24)28(34)29(36)32-23(16-31)13-19-5-7-20(8-6-19)21-10-12-25-26(15-21)37-17-27(35)33-25/h5-8,10,12,15,22-24,28H,1,9,11,13-14,17H2,2-4H3,(H,32,36)(H,33,35)/t22-,23-,24+,28-/m0/s1. The number of fused-ring (bicyclic) bond motifs is 3. The van der Waals surface area contributed by atoms with Crippen LogP contribution in [0.3, 0.4) is 0 Å². The fourth-order valence-corrected chi connectivity index (χ4v) is 5.80. The molecular formula is C30H34N4O4. The average Bonchev–Trinajstić information content (AvgIpc) is 3.49. The fraction of sp³-hybridized carbons (Fsp3) is 0.433. The molecule has 0 aromatic heterocycles. The van der Waals surface area contributed by atoms with Crippen molar-refractivity contribution in [3.63, 3.8) is 0 Å². The molecule has 2 N–H and O–H groups in total. The van der Waals surface area contributed by atoms with Crippen LogP contribution in [0.4, 0.5) is 5.69 Å². The maximum absolute atomic E-state index is 13.4. The van der Waals surface area contributed by atoms with Gasteiger partial charge < -0.3 is 25.0 Å². The average molecular weight is 515 g/mol. The Morgan fingerprint density at radius 3 is 2.68 bits per heavy atom. The van der Waals surface area contributed by atoms with Crippen molar-refractivity contribution < 1.29 is 19.1 Å². The van der Waals surface area contributed by atoms with E-state index in [9.17, 15) is 14.9 Å². The maximum atomic E-state index is 13.4. The van der Waals surface area contributed by atoms with Crippen molar-refractivity contribution in [3.05, 3.63) is 60.5 Å². The number of benzene rings is 2. The third-order valence-electron chi connectivity index (χ3n) is 7.38. The number of nitrogens with one attached hydrogen (secondary N) is 2. The number of amides is 2. The van der Waals surface area contributed by atoms with Gasteiger partial charge in [0, 0.05) is 12.5 Å². The van der Waals surface area contributed by atoms with Crippen molar-refractivity contribution in [2.75, 3.05) is 11.9 Å². The van der Waals surface area contributed by atoms with Gasteiger partial charge in [-0.1, -0.05) is 30.3 Å². The van der Waals surface area contributed by atoms with Gasteiger partial charge in [0.1, 0.15) is 23.4 Å². The second-order valence-electron chi connectivity index (χ2n) is 11.3. The lowest BCUT2D eigenvalue weighted by Crippen LogP contribution is -2.52. The zero-order chi connectivity index (χ0) is 27.0. The first-order chi connectivity index (χ1) is 18.1. The number of ether oxygens (including phenoxy) is 2. The first-order valence-electron chi connectivity index (χ1n) is 13.1. The van der Waals surface area contributed by atoms with Crippen LogP contribution in [0, 0.1) is 17.2 Å². The van der Waals surface area contributed by atoms with Gasteiger partial charge in [-0.25, -0.2) is 0 Å². The van der Waals surface area contributed by atoms with Crippen LogP contribution in [-0.4, -0.2) is 47.0 Å². The molecular weight excluding hydrogens is 480 g/mol. The van der Waals surface area contributed by atoms with E-state index >= 15 is 0 Å². The van der Waals surface area contributed by atoms with Gasteiger partial charge in [0.2, 0.25) is 5.91 Å². The number of hydrogen-bond acceptors (Lipinski definition) is 6. The molecule has 1 aliphatic carbocycles. The molecule has 2 fully saturated rings. The van der Waals surface area contributed by atoms with Crippen molar-refractivity contribution >= 4 is 17.5 Å². The molecule has 8 nitrogen and oxygen atoms in total. The number of hydrogen-bond donors (Lipinski definition) is 2. The molecule has 0 unspecified atom stereocenters. The Bertz CT molecular complexity index is 1290. The predicted octanol–water partition coefficient (Wildman–Crippen LogP) is 4.37. The molecule has 8 heteroatoms. The molecule has 2 aromatic carbocycles. The monoisotopic (exact) mass is 514 g/mol. The van der Waals surface area contributed by atoms with E-state index in [-0.39, 0.29) is 36.4 Å². The van der Waals surface area contributed by atoms with Crippen molar-refractivity contribution in [2.45, 2.75) is 70.2 Å². The molecule has 0 spiro atoms. The second-order valence-corrected chi connectivity index (χ2v) is 11.3. The summed E-state index contributed by atoms with van der Waals surface area (Å²) in [4.78, 5) is 27.0. The number of carbonyl (C=O) groups excluding carboxylic acids is 2. The van der Waals surface area contributed by atoms with Gasteiger partial charge in [0.15, 0.2) is 12.5 Å². The van der Waals surface area contributed by atoms with Crippen LogP contribution in [0.1, 0.15) is 45.6 Å². The second kappa shape index (κ2) is 10.1. The number of piperidine rings is 1. The minimum Gasteiger partial charge on any atom is -0.482 e. The summed E-state index contributed by atoms with van der Waals surface area (Å²) in [7, 11) is 0. The lowest BCUT2D eigenvalue weighted by atomic mass is 9.97. The highest BCUT2D eigenvalue weighted by Crippen LogP contribution is 2.45. The Kier molecular flexibility index (Phi) is 6.78. The van der Waals surface area contributed by atoms with Gasteiger partial charge in [-0.2, -0.15) is 5.26 Å². The summed E-state index contributed by atoms with van der Waals surface area (Å²) in [6, 6.07) is 15.1. The normalized spacial score (nSPS) is 22.5. The van der Waals surface area contributed by atoms with Crippen LogP contribution >= 0.6 is 0 Å². The number of anilines is 1. The molecule has 1 saturated heterocycles. The summed E-state index contributed by atoms with van der Waals surface area (Å²) < 4.78 is 11.6. The smallest absolute Gasteiger partial charge is 0.262 e. The Morgan fingerprint density at radius 1 is 1.24 bits per heavy atom. The van der Waals surface area contributed by atoms with Crippen molar-refractivity contribution in [3.8, 4) is 22.9 Å². The minimum atomic E-state index is -0.646. The lowest BCUT2D eigenvalue weighted by Gasteiger charge is -2.39. The largest absolute Gasteiger partial charge is 0.482 e. The molecule has 38 heavy (non-hydrogen) atoms. The van der Waals surface area contributed by atoms with Crippen molar-refractivity contribution in [2.24, 2.45) is 5.92 Å². The molecule has 5 rings (SSSR count). The number of nitriles is 1. The van der Waals surface area contributed by atoms with E-state index in [4.69, 9.17) is 9.47 Å². The summed E-state index contributed by atoms with van der Waals surface area (Å²) in [5.74, 6) is 1.12. The third-order valence-corrected chi connectivity index (χ3v) is 7.38. The van der Waals surface area contributed by atoms with Gasteiger partial charge in [-0.15, -0.1) is 0 Å². The highest BCUT2D eigenvalue weighted by molar-refractivity contribution is 5.96. The fourth-order valence-electron chi connectivity index (χ4n) is 5.80. The lowest BCUT2D eigenvalue weighted by molar-refractivity contribution is -0.130. The molecule has 1 saturated carbocycles. The van der Waals surface area contributed by atoms with Crippen molar-refractivity contribution in [1.29, 1.82) is 5.26 Å². The van der Waals surface area contributed by atoms with E-state index < -0.39 is 11.6 Å². The van der Waals surface area contributed by atoms with E-state index in [0.29, 0.717) is 23.7 Å². The molecule has 4 atom stereocenters. The van der Waals surface area contributed by atoms with E-state index in [1.807, 2.05) is 68.1 Å². The number of carbonyl (C=O) groups is 2. The van der Waals surface area contributed by atoms with Crippen LogP contribution in [0.5, 0.6) is 5.75 Å². The molecule has 2 bridgehead atoms. The molecule has 198 valence electrons. The van der Waals surface area contributed by atoms with Gasteiger partial charge in [-0.3, -0.25) is 9.59 Å². The molecule has 2 amide bonds. The quantitative estimate of drug-likeness (QED) is 0.532. The summed E-state index contributed by atoms with van der Waals surface area (Å²) in [5.41, 5.74) is 3.17. The Balaban J connectivity index is 1.24. The third kappa shape index (κ3) is 5.33. The summed E-state index contributed by atoms with van der Waals surface area (Å²) >= 11 is 0. The Hall–Kier alpha value is -3.99. The Labute approximate surface area is 223 Å². The van der Waals surface area contributed by atoms with Gasteiger partial charge in [0.25, 0.3) is 5.91 Å². The number of nitrogens with zero attached hydrogens (tertiary/aromatic N) is 2. The number of rotatable bonds is 7. The van der Waals surface area contributed by atoms with Gasteiger partial charge >= 0.3 is 0 Å². The molecule has 2 aliphatic heterocycles. The molecule has 0 radical (unpaired) electrons. The summed E-state index contributed by atoms with van der Waals surface area (Å²) in [6.45, 7) is 10.1.